The zero-order chi connectivity index (χ0) is 13.0. The first-order valence-electron chi connectivity index (χ1n) is 6.64. The number of hydrogen-bond donors (Lipinski definition) is 1. The second-order valence-electron chi connectivity index (χ2n) is 5.05. The van der Waals surface area contributed by atoms with E-state index < -0.39 is 0 Å². The van der Waals surface area contributed by atoms with Crippen LogP contribution in [0.15, 0.2) is 18.2 Å². The molecular formula is C15H21NO2. The first-order valence-corrected chi connectivity index (χ1v) is 6.64. The zero-order valence-electron chi connectivity index (χ0n) is 11.2. The van der Waals surface area contributed by atoms with Gasteiger partial charge in [0.1, 0.15) is 5.75 Å². The van der Waals surface area contributed by atoms with Crippen LogP contribution in [0.3, 0.4) is 0 Å². The lowest BCUT2D eigenvalue weighted by atomic mass is 10.0. The van der Waals surface area contributed by atoms with Crippen LogP contribution in [0.1, 0.15) is 37.7 Å². The number of hydrogen-bond acceptors (Lipinski definition) is 2. The van der Waals surface area contributed by atoms with Crippen molar-refractivity contribution in [3.63, 3.8) is 0 Å². The van der Waals surface area contributed by atoms with Crippen molar-refractivity contribution >= 4 is 11.6 Å². The molecule has 0 spiro atoms. The quantitative estimate of drug-likeness (QED) is 0.884. The lowest BCUT2D eigenvalue weighted by Gasteiger charge is -2.14. The molecule has 0 unspecified atom stereocenters. The molecule has 3 heteroatoms. The highest BCUT2D eigenvalue weighted by Gasteiger charge is 2.19. The molecule has 0 atom stereocenters. The van der Waals surface area contributed by atoms with Gasteiger partial charge in [0.05, 0.1) is 12.8 Å². The molecule has 3 nitrogen and oxygen atoms in total. The molecule has 0 aliphatic heterocycles. The number of para-hydroxylation sites is 1. The lowest BCUT2D eigenvalue weighted by Crippen LogP contribution is -2.16. The Morgan fingerprint density at radius 2 is 2.11 bits per heavy atom. The number of carbonyl (C=O) groups excluding carboxylic acids is 1. The normalized spacial score (nSPS) is 15.7. The van der Waals surface area contributed by atoms with E-state index in [0.717, 1.165) is 17.0 Å². The van der Waals surface area contributed by atoms with Crippen molar-refractivity contribution in [3.8, 4) is 5.75 Å². The van der Waals surface area contributed by atoms with Crippen LogP contribution in [0.2, 0.25) is 0 Å². The van der Waals surface area contributed by atoms with Crippen LogP contribution in [0, 0.1) is 12.8 Å². The standard InChI is InChI=1S/C15H21NO2/c1-11-6-5-9-13(18-2)15(11)16-14(17)10-12-7-3-4-8-12/h5-6,9,12H,3-4,7-8,10H2,1-2H3,(H,16,17). The summed E-state index contributed by atoms with van der Waals surface area (Å²) >= 11 is 0. The van der Waals surface area contributed by atoms with Gasteiger partial charge in [-0.3, -0.25) is 4.79 Å². The Morgan fingerprint density at radius 1 is 1.39 bits per heavy atom. The largest absolute Gasteiger partial charge is 0.495 e. The van der Waals surface area contributed by atoms with Gasteiger partial charge in [-0.05, 0) is 37.3 Å². The van der Waals surface area contributed by atoms with E-state index in [1.54, 1.807) is 7.11 Å². The fourth-order valence-electron chi connectivity index (χ4n) is 2.64. The second-order valence-corrected chi connectivity index (χ2v) is 5.05. The predicted molar refractivity (Wildman–Crippen MR) is 72.9 cm³/mol. The molecule has 0 radical (unpaired) electrons. The first-order chi connectivity index (χ1) is 8.70. The minimum absolute atomic E-state index is 0.106. The van der Waals surface area contributed by atoms with Gasteiger partial charge in [0, 0.05) is 6.42 Å². The number of amides is 1. The summed E-state index contributed by atoms with van der Waals surface area (Å²) in [4.78, 5) is 12.0. The van der Waals surface area contributed by atoms with E-state index >= 15 is 0 Å². The van der Waals surface area contributed by atoms with E-state index in [9.17, 15) is 4.79 Å². The Labute approximate surface area is 109 Å². The smallest absolute Gasteiger partial charge is 0.224 e. The van der Waals surface area contributed by atoms with E-state index in [1.165, 1.54) is 25.7 Å². The molecule has 1 fully saturated rings. The van der Waals surface area contributed by atoms with Gasteiger partial charge in [0.25, 0.3) is 0 Å². The van der Waals surface area contributed by atoms with Gasteiger partial charge in [-0.25, -0.2) is 0 Å². The number of anilines is 1. The maximum absolute atomic E-state index is 12.0. The van der Waals surface area contributed by atoms with Crippen LogP contribution in [-0.2, 0) is 4.79 Å². The number of methoxy groups -OCH3 is 1. The molecule has 1 aliphatic carbocycles. The Bertz CT molecular complexity index is 423. The SMILES string of the molecule is COc1cccc(C)c1NC(=O)CC1CCCC1. The fraction of sp³-hybridized carbons (Fsp3) is 0.533. The van der Waals surface area contributed by atoms with E-state index in [-0.39, 0.29) is 5.91 Å². The van der Waals surface area contributed by atoms with Crippen molar-refractivity contribution in [2.45, 2.75) is 39.0 Å². The molecule has 1 aliphatic rings. The summed E-state index contributed by atoms with van der Waals surface area (Å²) < 4.78 is 5.28. The Balaban J connectivity index is 2.01. The molecule has 0 bridgehead atoms. The summed E-state index contributed by atoms with van der Waals surface area (Å²) in [7, 11) is 1.63. The monoisotopic (exact) mass is 247 g/mol. The van der Waals surface area contributed by atoms with Gasteiger partial charge in [0.15, 0.2) is 0 Å². The molecule has 1 N–H and O–H groups in total. The number of nitrogens with one attached hydrogen (secondary N) is 1. The Morgan fingerprint density at radius 3 is 2.78 bits per heavy atom. The van der Waals surface area contributed by atoms with Gasteiger partial charge in [-0.1, -0.05) is 25.0 Å². The highest BCUT2D eigenvalue weighted by molar-refractivity contribution is 5.93. The number of rotatable bonds is 4. The fourth-order valence-corrected chi connectivity index (χ4v) is 2.64. The van der Waals surface area contributed by atoms with Crippen molar-refractivity contribution in [1.29, 1.82) is 0 Å². The second kappa shape index (κ2) is 5.89. The third-order valence-corrected chi connectivity index (χ3v) is 3.67. The summed E-state index contributed by atoms with van der Waals surface area (Å²) in [6.07, 6.45) is 5.56. The van der Waals surface area contributed by atoms with Gasteiger partial charge in [-0.15, -0.1) is 0 Å². The average molecular weight is 247 g/mol. The van der Waals surface area contributed by atoms with Gasteiger partial charge < -0.3 is 10.1 Å². The van der Waals surface area contributed by atoms with Crippen LogP contribution in [0.25, 0.3) is 0 Å². The van der Waals surface area contributed by atoms with Crippen molar-refractivity contribution in [1.82, 2.24) is 0 Å². The van der Waals surface area contributed by atoms with E-state index in [2.05, 4.69) is 5.32 Å². The molecule has 0 aromatic heterocycles. The Kier molecular flexibility index (Phi) is 4.24. The van der Waals surface area contributed by atoms with Crippen molar-refractivity contribution in [2.75, 3.05) is 12.4 Å². The van der Waals surface area contributed by atoms with E-state index in [1.807, 2.05) is 25.1 Å². The van der Waals surface area contributed by atoms with E-state index in [0.29, 0.717) is 12.3 Å². The summed E-state index contributed by atoms with van der Waals surface area (Å²) in [5, 5.41) is 2.99. The van der Waals surface area contributed by atoms with Crippen LogP contribution < -0.4 is 10.1 Å². The molecular weight excluding hydrogens is 226 g/mol. The topological polar surface area (TPSA) is 38.3 Å². The lowest BCUT2D eigenvalue weighted by molar-refractivity contribution is -0.117. The average Bonchev–Trinajstić information content (AvgIpc) is 2.84. The number of ether oxygens (including phenoxy) is 1. The molecule has 0 saturated heterocycles. The van der Waals surface area contributed by atoms with Crippen LogP contribution in [0.4, 0.5) is 5.69 Å². The zero-order valence-corrected chi connectivity index (χ0v) is 11.2. The maximum Gasteiger partial charge on any atom is 0.224 e. The third kappa shape index (κ3) is 3.03. The molecule has 1 saturated carbocycles. The molecule has 1 aromatic carbocycles. The summed E-state index contributed by atoms with van der Waals surface area (Å²) in [5.41, 5.74) is 1.84. The van der Waals surface area contributed by atoms with Crippen LogP contribution >= 0.6 is 0 Å². The van der Waals surface area contributed by atoms with Crippen LogP contribution in [0.5, 0.6) is 5.75 Å². The third-order valence-electron chi connectivity index (χ3n) is 3.67. The maximum atomic E-state index is 12.0. The molecule has 1 aromatic rings. The minimum atomic E-state index is 0.106. The molecule has 98 valence electrons. The van der Waals surface area contributed by atoms with Gasteiger partial charge >= 0.3 is 0 Å². The van der Waals surface area contributed by atoms with Gasteiger partial charge in [0.2, 0.25) is 5.91 Å². The van der Waals surface area contributed by atoms with Crippen molar-refractivity contribution < 1.29 is 9.53 Å². The van der Waals surface area contributed by atoms with Crippen molar-refractivity contribution in [2.24, 2.45) is 5.92 Å². The molecule has 0 heterocycles. The molecule has 1 amide bonds. The minimum Gasteiger partial charge on any atom is -0.495 e. The summed E-state index contributed by atoms with van der Waals surface area (Å²) in [5.74, 6) is 1.41. The number of carbonyl (C=O) groups is 1. The summed E-state index contributed by atoms with van der Waals surface area (Å²) in [6.45, 7) is 1.98. The predicted octanol–water partition coefficient (Wildman–Crippen LogP) is 3.52. The summed E-state index contributed by atoms with van der Waals surface area (Å²) in [6, 6.07) is 5.78. The Hall–Kier alpha value is -1.51. The first kappa shape index (κ1) is 12.9. The van der Waals surface area contributed by atoms with Crippen molar-refractivity contribution in [3.05, 3.63) is 23.8 Å². The van der Waals surface area contributed by atoms with E-state index in [4.69, 9.17) is 4.74 Å². The highest BCUT2D eigenvalue weighted by Crippen LogP contribution is 2.30. The number of benzene rings is 1. The molecule has 2 rings (SSSR count). The van der Waals surface area contributed by atoms with Crippen LogP contribution in [-0.4, -0.2) is 13.0 Å². The number of aryl methyl sites for hydroxylation is 1. The highest BCUT2D eigenvalue weighted by atomic mass is 16.5. The van der Waals surface area contributed by atoms with Gasteiger partial charge in [-0.2, -0.15) is 0 Å². The molecule has 18 heavy (non-hydrogen) atoms.